The molecule has 2 aromatic carbocycles. The lowest BCUT2D eigenvalue weighted by atomic mass is 10.2. The second-order valence-corrected chi connectivity index (χ2v) is 9.50. The highest BCUT2D eigenvalue weighted by Crippen LogP contribution is 2.26. The summed E-state index contributed by atoms with van der Waals surface area (Å²) in [5.74, 6) is 0.0777. The fourth-order valence-electron chi connectivity index (χ4n) is 2.79. The zero-order valence-corrected chi connectivity index (χ0v) is 19.3. The minimum absolute atomic E-state index is 0.102. The Bertz CT molecular complexity index is 1180. The van der Waals surface area contributed by atoms with E-state index in [1.165, 1.54) is 24.3 Å². The largest absolute Gasteiger partial charge is 0.307 e. The maximum atomic E-state index is 12.7. The molecule has 1 aromatic heterocycles. The standard InChI is InChI=1S/C21H22Cl2N4O3S/c1-3-14(2)26-31(29,30)17-9-7-15(8-10-17)21(28)25-19-11-12-24-27(19)13-16-5-4-6-18(22)20(16)23/h4-12,14,26H,3,13H2,1-2H3,(H,25,28). The second kappa shape index (κ2) is 9.82. The normalized spacial score (nSPS) is 12.5. The summed E-state index contributed by atoms with van der Waals surface area (Å²) in [6.45, 7) is 4.01. The highest BCUT2D eigenvalue weighted by atomic mass is 35.5. The van der Waals surface area contributed by atoms with Crippen LogP contribution in [0.1, 0.15) is 36.2 Å². The van der Waals surface area contributed by atoms with Crippen LogP contribution in [-0.4, -0.2) is 30.1 Å². The highest BCUT2D eigenvalue weighted by molar-refractivity contribution is 7.89. The average Bonchev–Trinajstić information content (AvgIpc) is 3.17. The molecule has 10 heteroatoms. The lowest BCUT2D eigenvalue weighted by Crippen LogP contribution is -2.32. The van der Waals surface area contributed by atoms with Crippen molar-refractivity contribution in [1.82, 2.24) is 14.5 Å². The van der Waals surface area contributed by atoms with Crippen molar-refractivity contribution < 1.29 is 13.2 Å². The number of hydrogen-bond acceptors (Lipinski definition) is 4. The summed E-state index contributed by atoms with van der Waals surface area (Å²) in [5.41, 5.74) is 1.08. The Morgan fingerprint density at radius 3 is 2.52 bits per heavy atom. The maximum Gasteiger partial charge on any atom is 0.256 e. The van der Waals surface area contributed by atoms with Crippen molar-refractivity contribution in [3.63, 3.8) is 0 Å². The summed E-state index contributed by atoms with van der Waals surface area (Å²) in [6.07, 6.45) is 2.23. The molecular weight excluding hydrogens is 459 g/mol. The third-order valence-corrected chi connectivity index (χ3v) is 7.17. The first kappa shape index (κ1) is 23.3. The molecule has 0 saturated heterocycles. The number of aromatic nitrogens is 2. The smallest absolute Gasteiger partial charge is 0.256 e. The summed E-state index contributed by atoms with van der Waals surface area (Å²) in [6, 6.07) is 12.5. The number of benzene rings is 2. The molecule has 0 fully saturated rings. The number of rotatable bonds is 8. The number of amides is 1. The number of nitrogens with one attached hydrogen (secondary N) is 2. The predicted octanol–water partition coefficient (Wildman–Crippen LogP) is 4.57. The number of carbonyl (C=O) groups is 1. The number of nitrogens with zero attached hydrogens (tertiary/aromatic N) is 2. The van der Waals surface area contributed by atoms with Gasteiger partial charge in [-0.05, 0) is 49.2 Å². The Morgan fingerprint density at radius 1 is 1.13 bits per heavy atom. The van der Waals surface area contributed by atoms with E-state index in [9.17, 15) is 13.2 Å². The Kier molecular flexibility index (Phi) is 7.38. The third kappa shape index (κ3) is 5.65. The Labute approximate surface area is 191 Å². The van der Waals surface area contributed by atoms with Gasteiger partial charge in [-0.3, -0.25) is 4.79 Å². The molecule has 1 unspecified atom stereocenters. The molecular formula is C21H22Cl2N4O3S. The summed E-state index contributed by atoms with van der Waals surface area (Å²) in [4.78, 5) is 12.8. The van der Waals surface area contributed by atoms with Gasteiger partial charge in [-0.15, -0.1) is 0 Å². The Morgan fingerprint density at radius 2 is 1.84 bits per heavy atom. The van der Waals surface area contributed by atoms with Crippen molar-refractivity contribution >= 4 is 45.0 Å². The monoisotopic (exact) mass is 480 g/mol. The lowest BCUT2D eigenvalue weighted by Gasteiger charge is -2.13. The molecule has 1 heterocycles. The molecule has 0 aliphatic carbocycles. The van der Waals surface area contributed by atoms with E-state index < -0.39 is 15.9 Å². The van der Waals surface area contributed by atoms with Crippen molar-refractivity contribution in [3.05, 3.63) is 75.9 Å². The number of sulfonamides is 1. The van der Waals surface area contributed by atoms with Gasteiger partial charge in [0.25, 0.3) is 5.91 Å². The van der Waals surface area contributed by atoms with Gasteiger partial charge in [0.05, 0.1) is 27.7 Å². The van der Waals surface area contributed by atoms with Crippen LogP contribution in [0.3, 0.4) is 0 Å². The quantitative estimate of drug-likeness (QED) is 0.493. The molecule has 7 nitrogen and oxygen atoms in total. The summed E-state index contributed by atoms with van der Waals surface area (Å²) in [7, 11) is -3.63. The zero-order valence-electron chi connectivity index (χ0n) is 17.0. The van der Waals surface area contributed by atoms with E-state index in [2.05, 4.69) is 15.1 Å². The van der Waals surface area contributed by atoms with E-state index in [0.29, 0.717) is 34.4 Å². The minimum Gasteiger partial charge on any atom is -0.307 e. The molecule has 0 bridgehead atoms. The highest BCUT2D eigenvalue weighted by Gasteiger charge is 2.18. The van der Waals surface area contributed by atoms with Crippen molar-refractivity contribution in [2.75, 3.05) is 5.32 Å². The number of hydrogen-bond donors (Lipinski definition) is 2. The Balaban J connectivity index is 1.73. The van der Waals surface area contributed by atoms with Gasteiger partial charge in [-0.25, -0.2) is 17.8 Å². The molecule has 1 amide bonds. The summed E-state index contributed by atoms with van der Waals surface area (Å²) in [5, 5.41) is 7.87. The molecule has 0 saturated carbocycles. The molecule has 164 valence electrons. The van der Waals surface area contributed by atoms with E-state index in [-0.39, 0.29) is 10.9 Å². The van der Waals surface area contributed by atoms with Crippen LogP contribution in [0.5, 0.6) is 0 Å². The number of anilines is 1. The van der Waals surface area contributed by atoms with Gasteiger partial charge in [0.2, 0.25) is 10.0 Å². The van der Waals surface area contributed by atoms with Gasteiger partial charge in [0, 0.05) is 17.7 Å². The van der Waals surface area contributed by atoms with Crippen LogP contribution >= 0.6 is 23.2 Å². The van der Waals surface area contributed by atoms with E-state index in [1.807, 2.05) is 13.0 Å². The van der Waals surface area contributed by atoms with Gasteiger partial charge < -0.3 is 5.32 Å². The van der Waals surface area contributed by atoms with Crippen LogP contribution in [-0.2, 0) is 16.6 Å². The molecule has 0 aliphatic rings. The van der Waals surface area contributed by atoms with Crippen molar-refractivity contribution in [3.8, 4) is 0 Å². The summed E-state index contributed by atoms with van der Waals surface area (Å²) < 4.78 is 28.9. The maximum absolute atomic E-state index is 12.7. The van der Waals surface area contributed by atoms with Gasteiger partial charge in [-0.2, -0.15) is 5.10 Å². The predicted molar refractivity (Wildman–Crippen MR) is 122 cm³/mol. The van der Waals surface area contributed by atoms with Crippen LogP contribution in [0, 0.1) is 0 Å². The molecule has 3 rings (SSSR count). The van der Waals surface area contributed by atoms with Crippen LogP contribution in [0.25, 0.3) is 0 Å². The first-order chi connectivity index (χ1) is 14.7. The fourth-order valence-corrected chi connectivity index (χ4v) is 4.49. The SMILES string of the molecule is CCC(C)NS(=O)(=O)c1ccc(C(=O)Nc2ccnn2Cc2cccc(Cl)c2Cl)cc1. The van der Waals surface area contributed by atoms with E-state index in [0.717, 1.165) is 5.56 Å². The topological polar surface area (TPSA) is 93.1 Å². The van der Waals surface area contributed by atoms with Gasteiger partial charge in [0.15, 0.2) is 0 Å². The van der Waals surface area contributed by atoms with Gasteiger partial charge in [0.1, 0.15) is 5.82 Å². The summed E-state index contributed by atoms with van der Waals surface area (Å²) >= 11 is 12.3. The molecule has 0 radical (unpaired) electrons. The minimum atomic E-state index is -3.63. The van der Waals surface area contributed by atoms with Gasteiger partial charge in [-0.1, -0.05) is 42.3 Å². The van der Waals surface area contributed by atoms with Crippen LogP contribution in [0.15, 0.2) is 59.6 Å². The van der Waals surface area contributed by atoms with Crippen LogP contribution in [0.2, 0.25) is 10.0 Å². The Hall–Kier alpha value is -2.39. The van der Waals surface area contributed by atoms with E-state index in [1.54, 1.807) is 36.0 Å². The molecule has 0 spiro atoms. The zero-order chi connectivity index (χ0) is 22.6. The molecule has 2 N–H and O–H groups in total. The van der Waals surface area contributed by atoms with Crippen molar-refractivity contribution in [1.29, 1.82) is 0 Å². The molecule has 0 aliphatic heterocycles. The molecule has 31 heavy (non-hydrogen) atoms. The number of halogens is 2. The first-order valence-electron chi connectivity index (χ1n) is 9.59. The van der Waals surface area contributed by atoms with Crippen LogP contribution in [0.4, 0.5) is 5.82 Å². The lowest BCUT2D eigenvalue weighted by molar-refractivity contribution is 0.102. The van der Waals surface area contributed by atoms with E-state index >= 15 is 0 Å². The second-order valence-electron chi connectivity index (χ2n) is 7.00. The fraction of sp³-hybridized carbons (Fsp3) is 0.238. The van der Waals surface area contributed by atoms with Crippen LogP contribution < -0.4 is 10.0 Å². The van der Waals surface area contributed by atoms with Gasteiger partial charge >= 0.3 is 0 Å². The first-order valence-corrected chi connectivity index (χ1v) is 11.8. The number of carbonyl (C=O) groups excluding carboxylic acids is 1. The molecule has 3 aromatic rings. The molecule has 1 atom stereocenters. The average molecular weight is 481 g/mol. The third-order valence-electron chi connectivity index (χ3n) is 4.71. The van der Waals surface area contributed by atoms with Crippen molar-refractivity contribution in [2.45, 2.75) is 37.8 Å². The van der Waals surface area contributed by atoms with Crippen molar-refractivity contribution in [2.24, 2.45) is 0 Å². The van der Waals surface area contributed by atoms with E-state index in [4.69, 9.17) is 23.2 Å².